The number of oxazole rings is 1. The molecular weight excluding hydrogens is 484 g/mol. The van der Waals surface area contributed by atoms with Crippen molar-refractivity contribution in [2.45, 2.75) is 38.5 Å². The highest BCUT2D eigenvalue weighted by Crippen LogP contribution is 2.48. The van der Waals surface area contributed by atoms with Crippen molar-refractivity contribution in [1.29, 1.82) is 0 Å². The second-order valence-electron chi connectivity index (χ2n) is 9.09. The third-order valence-electron chi connectivity index (χ3n) is 6.78. The number of rotatable bonds is 6. The van der Waals surface area contributed by atoms with Gasteiger partial charge in [-0.15, -0.1) is 11.3 Å². The van der Waals surface area contributed by atoms with Crippen LogP contribution in [0.3, 0.4) is 0 Å². The Morgan fingerprint density at radius 2 is 2.09 bits per heavy atom. The number of benzene rings is 1. The van der Waals surface area contributed by atoms with Gasteiger partial charge < -0.3 is 19.6 Å². The molecule has 6 rings (SSSR count). The number of aromatic nitrogens is 2. The first-order valence-electron chi connectivity index (χ1n) is 12.0. The van der Waals surface area contributed by atoms with Crippen molar-refractivity contribution in [3.05, 3.63) is 63.8 Å². The first kappa shape index (κ1) is 22.9. The molecule has 4 aromatic rings. The van der Waals surface area contributed by atoms with Gasteiger partial charge in [-0.05, 0) is 30.7 Å². The van der Waals surface area contributed by atoms with E-state index in [1.165, 1.54) is 6.39 Å². The Morgan fingerprint density at radius 3 is 2.91 bits per heavy atom. The minimum absolute atomic E-state index is 0.249. The molecule has 1 saturated heterocycles. The van der Waals surface area contributed by atoms with Crippen LogP contribution in [0, 0.1) is 0 Å². The van der Waals surface area contributed by atoms with E-state index < -0.39 is 6.10 Å². The van der Waals surface area contributed by atoms with Gasteiger partial charge >= 0.3 is 0 Å². The van der Waals surface area contributed by atoms with Gasteiger partial charge in [-0.2, -0.15) is 0 Å². The topological polar surface area (TPSA) is 83.7 Å². The maximum Gasteiger partial charge on any atom is 0.181 e. The van der Waals surface area contributed by atoms with Gasteiger partial charge in [-0.3, -0.25) is 9.88 Å². The van der Waals surface area contributed by atoms with Crippen LogP contribution in [0.25, 0.3) is 21.3 Å². The van der Waals surface area contributed by atoms with E-state index in [4.69, 9.17) is 20.8 Å². The van der Waals surface area contributed by atoms with Gasteiger partial charge in [-0.25, -0.2) is 4.98 Å². The molecule has 2 unspecified atom stereocenters. The predicted molar refractivity (Wildman–Crippen MR) is 137 cm³/mol. The van der Waals surface area contributed by atoms with Gasteiger partial charge in [0.15, 0.2) is 18.3 Å². The van der Waals surface area contributed by atoms with E-state index in [-0.39, 0.29) is 6.10 Å². The number of ether oxygens (including phenoxy) is 1. The van der Waals surface area contributed by atoms with E-state index in [9.17, 15) is 5.11 Å². The smallest absolute Gasteiger partial charge is 0.181 e. The van der Waals surface area contributed by atoms with Crippen LogP contribution in [-0.2, 0) is 13.0 Å². The maximum absolute atomic E-state index is 10.4. The predicted octanol–water partition coefficient (Wildman–Crippen LogP) is 5.13. The second-order valence-corrected chi connectivity index (χ2v) is 10.6. The zero-order chi connectivity index (χ0) is 23.9. The largest absolute Gasteiger partial charge is 0.481 e. The van der Waals surface area contributed by atoms with Crippen LogP contribution in [0.15, 0.2) is 41.3 Å². The number of aliphatic hydroxyl groups is 1. The van der Waals surface area contributed by atoms with Crippen LogP contribution in [0.2, 0.25) is 5.02 Å². The molecule has 2 aliphatic rings. The lowest BCUT2D eigenvalue weighted by atomic mass is 10.00. The van der Waals surface area contributed by atoms with Crippen molar-refractivity contribution in [2.24, 2.45) is 0 Å². The van der Waals surface area contributed by atoms with Crippen molar-refractivity contribution in [2.75, 3.05) is 26.2 Å². The van der Waals surface area contributed by atoms with Crippen molar-refractivity contribution in [1.82, 2.24) is 20.2 Å². The molecule has 0 saturated carbocycles. The third-order valence-corrected chi connectivity index (χ3v) is 8.26. The zero-order valence-corrected chi connectivity index (χ0v) is 21.0. The van der Waals surface area contributed by atoms with E-state index in [2.05, 4.69) is 20.2 Å². The Labute approximate surface area is 212 Å². The Balaban J connectivity index is 1.35. The summed E-state index contributed by atoms with van der Waals surface area (Å²) in [5, 5.41) is 14.4. The molecular formula is C26H27ClN4O3S. The number of hydrogen-bond acceptors (Lipinski definition) is 8. The highest BCUT2D eigenvalue weighted by molar-refractivity contribution is 7.19. The summed E-state index contributed by atoms with van der Waals surface area (Å²) in [7, 11) is 0. The molecule has 182 valence electrons. The zero-order valence-electron chi connectivity index (χ0n) is 19.5. The molecule has 1 fully saturated rings. The van der Waals surface area contributed by atoms with E-state index in [1.807, 2.05) is 31.2 Å². The standard InChI is InChI=1S/C26H27ClN4O3S/c1-2-21(32)23-12-19-26(35-23)17(3-4-29-19)18-11-16(27)9-15-10-22(34-24(15)18)25-20(30-14-33-25)13-31-7-5-28-6-8-31/h3-4,9,11-12,14,21-22,28,32H,2,5-8,10,13H2,1H3. The minimum atomic E-state index is -0.492. The lowest BCUT2D eigenvalue weighted by molar-refractivity contribution is 0.177. The van der Waals surface area contributed by atoms with Crippen LogP contribution in [0.1, 0.15) is 47.4 Å². The maximum atomic E-state index is 10.4. The number of hydrogen-bond donors (Lipinski definition) is 2. The molecule has 2 aliphatic heterocycles. The normalized spacial score (nSPS) is 19.1. The van der Waals surface area contributed by atoms with Gasteiger partial charge in [0, 0.05) is 71.9 Å². The van der Waals surface area contributed by atoms with E-state index in [0.29, 0.717) is 17.9 Å². The summed E-state index contributed by atoms with van der Waals surface area (Å²) >= 11 is 8.16. The second kappa shape index (κ2) is 9.52. The molecule has 0 radical (unpaired) electrons. The van der Waals surface area contributed by atoms with Crippen LogP contribution in [0.5, 0.6) is 5.75 Å². The summed E-state index contributed by atoms with van der Waals surface area (Å²) in [6.45, 7) is 6.68. The van der Waals surface area contributed by atoms with E-state index >= 15 is 0 Å². The van der Waals surface area contributed by atoms with Gasteiger partial charge in [0.2, 0.25) is 0 Å². The Morgan fingerprint density at radius 1 is 1.23 bits per heavy atom. The van der Waals surface area contributed by atoms with Crippen molar-refractivity contribution in [3.63, 3.8) is 0 Å². The fourth-order valence-electron chi connectivity index (χ4n) is 4.94. The first-order chi connectivity index (χ1) is 17.1. The first-order valence-corrected chi connectivity index (χ1v) is 13.2. The molecule has 2 atom stereocenters. The van der Waals surface area contributed by atoms with Crippen molar-refractivity contribution >= 4 is 33.2 Å². The molecule has 3 aromatic heterocycles. The Bertz CT molecular complexity index is 1360. The average Bonchev–Trinajstić information content (AvgIpc) is 3.61. The molecule has 5 heterocycles. The molecule has 2 N–H and O–H groups in total. The average molecular weight is 511 g/mol. The Kier molecular flexibility index (Phi) is 6.24. The molecule has 0 bridgehead atoms. The number of thiophene rings is 1. The van der Waals surface area contributed by atoms with Gasteiger partial charge in [-0.1, -0.05) is 18.5 Å². The number of piperazine rings is 1. The molecule has 0 amide bonds. The fraction of sp³-hybridized carbons (Fsp3) is 0.385. The van der Waals surface area contributed by atoms with E-state index in [0.717, 1.165) is 81.7 Å². The molecule has 0 spiro atoms. The lowest BCUT2D eigenvalue weighted by Gasteiger charge is -2.26. The fourth-order valence-corrected chi connectivity index (χ4v) is 6.40. The van der Waals surface area contributed by atoms with E-state index in [1.54, 1.807) is 17.5 Å². The van der Waals surface area contributed by atoms with Gasteiger partial charge in [0.1, 0.15) is 11.4 Å². The third kappa shape index (κ3) is 4.34. The van der Waals surface area contributed by atoms with Crippen molar-refractivity contribution in [3.8, 4) is 16.9 Å². The summed E-state index contributed by atoms with van der Waals surface area (Å²) in [4.78, 5) is 12.4. The van der Waals surface area contributed by atoms with Crippen LogP contribution >= 0.6 is 22.9 Å². The molecule has 7 nitrogen and oxygen atoms in total. The summed E-state index contributed by atoms with van der Waals surface area (Å²) in [6, 6.07) is 7.90. The molecule has 0 aliphatic carbocycles. The number of nitrogens with zero attached hydrogens (tertiary/aromatic N) is 3. The number of nitrogens with one attached hydrogen (secondary N) is 1. The van der Waals surface area contributed by atoms with Gasteiger partial charge in [0.25, 0.3) is 0 Å². The summed E-state index contributed by atoms with van der Waals surface area (Å²) in [5.41, 5.74) is 4.79. The molecule has 35 heavy (non-hydrogen) atoms. The van der Waals surface area contributed by atoms with Crippen molar-refractivity contribution < 1.29 is 14.3 Å². The number of fused-ring (bicyclic) bond motifs is 2. The Hall–Kier alpha value is -2.49. The minimum Gasteiger partial charge on any atom is -0.481 e. The number of pyridine rings is 1. The molecule has 1 aromatic carbocycles. The summed E-state index contributed by atoms with van der Waals surface area (Å²) in [6.07, 6.45) is 3.91. The van der Waals surface area contributed by atoms with Crippen LogP contribution < -0.4 is 10.1 Å². The van der Waals surface area contributed by atoms with Crippen LogP contribution in [0.4, 0.5) is 0 Å². The summed E-state index contributed by atoms with van der Waals surface area (Å²) < 4.78 is 13.4. The number of halogens is 1. The highest BCUT2D eigenvalue weighted by Gasteiger charge is 2.33. The highest BCUT2D eigenvalue weighted by atomic mass is 35.5. The summed E-state index contributed by atoms with van der Waals surface area (Å²) in [5.74, 6) is 1.61. The number of aliphatic hydroxyl groups excluding tert-OH is 1. The lowest BCUT2D eigenvalue weighted by Crippen LogP contribution is -2.43. The molecule has 9 heteroatoms. The van der Waals surface area contributed by atoms with Gasteiger partial charge in [0.05, 0.1) is 16.3 Å². The van der Waals surface area contributed by atoms with Crippen LogP contribution in [-0.4, -0.2) is 46.2 Å². The SMILES string of the molecule is CCC(O)c1cc2nccc(-c3cc(Cl)cc4c3OC(c3ocnc3CN3CCNCC3)C4)c2s1. The quantitative estimate of drug-likeness (QED) is 0.372. The monoisotopic (exact) mass is 510 g/mol.